The van der Waals surface area contributed by atoms with Crippen LogP contribution < -0.4 is 10.6 Å². The van der Waals surface area contributed by atoms with Gasteiger partial charge < -0.3 is 10.6 Å². The first kappa shape index (κ1) is 11.0. The lowest BCUT2D eigenvalue weighted by molar-refractivity contribution is 0.0891. The van der Waals surface area contributed by atoms with Crippen molar-refractivity contribution in [3.05, 3.63) is 29.8 Å². The van der Waals surface area contributed by atoms with Crippen LogP contribution in [0.1, 0.15) is 24.8 Å². The summed E-state index contributed by atoms with van der Waals surface area (Å²) in [6.45, 7) is 2.12. The number of nitrogens with two attached hydrogens (primary N) is 1. The van der Waals surface area contributed by atoms with Crippen LogP contribution in [0.2, 0.25) is 0 Å². The second kappa shape index (κ2) is 3.42. The minimum Gasteiger partial charge on any atom is -0.372 e. The van der Waals surface area contributed by atoms with Crippen molar-refractivity contribution in [1.29, 1.82) is 0 Å². The average molecular weight is 238 g/mol. The molecule has 1 saturated heterocycles. The predicted molar refractivity (Wildman–Crippen MR) is 63.3 cm³/mol. The first-order valence-electron chi connectivity index (χ1n) is 6.05. The third kappa shape index (κ3) is 1.62. The third-order valence-corrected chi connectivity index (χ3v) is 3.88. The van der Waals surface area contributed by atoms with Crippen molar-refractivity contribution in [2.24, 2.45) is 5.73 Å². The fourth-order valence-electron chi connectivity index (χ4n) is 2.56. The number of benzene rings is 1. The SMILES string of the molecule is NC1(c2ccc(N3CCCC3)cc2)CC1(F)F. The van der Waals surface area contributed by atoms with Crippen LogP contribution in [-0.4, -0.2) is 19.0 Å². The van der Waals surface area contributed by atoms with Crippen molar-refractivity contribution < 1.29 is 8.78 Å². The van der Waals surface area contributed by atoms with Gasteiger partial charge in [0.15, 0.2) is 0 Å². The van der Waals surface area contributed by atoms with E-state index in [4.69, 9.17) is 5.73 Å². The summed E-state index contributed by atoms with van der Waals surface area (Å²) in [5.41, 5.74) is 5.92. The molecule has 92 valence electrons. The lowest BCUT2D eigenvalue weighted by Crippen LogP contribution is -2.27. The van der Waals surface area contributed by atoms with Gasteiger partial charge in [-0.15, -0.1) is 0 Å². The van der Waals surface area contributed by atoms with Crippen molar-refractivity contribution in [2.45, 2.75) is 30.7 Å². The molecule has 3 rings (SSSR count). The maximum absolute atomic E-state index is 13.1. The van der Waals surface area contributed by atoms with E-state index >= 15 is 0 Å². The Morgan fingerprint density at radius 3 is 2.06 bits per heavy atom. The summed E-state index contributed by atoms with van der Waals surface area (Å²) in [5, 5.41) is 0. The summed E-state index contributed by atoms with van der Waals surface area (Å²) >= 11 is 0. The number of rotatable bonds is 2. The minimum atomic E-state index is -2.73. The number of alkyl halides is 2. The van der Waals surface area contributed by atoms with Gasteiger partial charge >= 0.3 is 0 Å². The summed E-state index contributed by atoms with van der Waals surface area (Å²) in [4.78, 5) is 2.28. The zero-order valence-electron chi connectivity index (χ0n) is 9.63. The normalized spacial score (nSPS) is 30.6. The van der Waals surface area contributed by atoms with Crippen LogP contribution in [0.3, 0.4) is 0 Å². The topological polar surface area (TPSA) is 29.3 Å². The molecule has 2 fully saturated rings. The molecule has 0 spiro atoms. The number of halogens is 2. The Morgan fingerprint density at radius 1 is 1.06 bits per heavy atom. The van der Waals surface area contributed by atoms with Crippen molar-refractivity contribution >= 4 is 5.69 Å². The molecule has 1 heterocycles. The monoisotopic (exact) mass is 238 g/mol. The molecular weight excluding hydrogens is 222 g/mol. The molecule has 4 heteroatoms. The largest absolute Gasteiger partial charge is 0.372 e. The highest BCUT2D eigenvalue weighted by Gasteiger charge is 2.69. The molecule has 1 saturated carbocycles. The number of hydrogen-bond acceptors (Lipinski definition) is 2. The lowest BCUT2D eigenvalue weighted by Gasteiger charge is -2.19. The first-order chi connectivity index (χ1) is 8.03. The van der Waals surface area contributed by atoms with Gasteiger partial charge in [0.05, 0.1) is 0 Å². The maximum atomic E-state index is 13.1. The van der Waals surface area contributed by atoms with Crippen LogP contribution in [0.25, 0.3) is 0 Å². The zero-order valence-corrected chi connectivity index (χ0v) is 9.63. The highest BCUT2D eigenvalue weighted by Crippen LogP contribution is 2.57. The Morgan fingerprint density at radius 2 is 1.59 bits per heavy atom. The van der Waals surface area contributed by atoms with E-state index in [0.717, 1.165) is 18.8 Å². The number of hydrogen-bond donors (Lipinski definition) is 1. The van der Waals surface area contributed by atoms with E-state index in [0.29, 0.717) is 5.56 Å². The van der Waals surface area contributed by atoms with Crippen molar-refractivity contribution in [3.63, 3.8) is 0 Å². The molecule has 2 aliphatic rings. The molecule has 1 atom stereocenters. The predicted octanol–water partition coefficient (Wildman–Crippen LogP) is 2.48. The van der Waals surface area contributed by atoms with Crippen LogP contribution >= 0.6 is 0 Å². The minimum absolute atomic E-state index is 0.233. The molecule has 2 nitrogen and oxygen atoms in total. The van der Waals surface area contributed by atoms with Crippen LogP contribution in [0.5, 0.6) is 0 Å². The quantitative estimate of drug-likeness (QED) is 0.857. The summed E-state index contributed by atoms with van der Waals surface area (Å²) in [6.07, 6.45) is 2.18. The molecule has 1 aromatic rings. The molecule has 0 radical (unpaired) electrons. The van der Waals surface area contributed by atoms with Gasteiger partial charge in [-0.3, -0.25) is 0 Å². The maximum Gasteiger partial charge on any atom is 0.272 e. The first-order valence-corrected chi connectivity index (χ1v) is 6.05. The van der Waals surface area contributed by atoms with Crippen molar-refractivity contribution in [1.82, 2.24) is 0 Å². The van der Waals surface area contributed by atoms with Gasteiger partial charge in [0, 0.05) is 25.2 Å². The van der Waals surface area contributed by atoms with Crippen LogP contribution in [0.15, 0.2) is 24.3 Å². The van der Waals surface area contributed by atoms with E-state index in [1.165, 1.54) is 12.8 Å². The molecule has 0 aromatic heterocycles. The Hall–Kier alpha value is -1.16. The molecule has 1 unspecified atom stereocenters. The van der Waals surface area contributed by atoms with E-state index in [-0.39, 0.29) is 6.42 Å². The van der Waals surface area contributed by atoms with E-state index in [9.17, 15) is 8.78 Å². The van der Waals surface area contributed by atoms with Gasteiger partial charge in [-0.2, -0.15) is 0 Å². The van der Waals surface area contributed by atoms with Crippen molar-refractivity contribution in [2.75, 3.05) is 18.0 Å². The molecule has 1 aliphatic heterocycles. The van der Waals surface area contributed by atoms with E-state index in [1.807, 2.05) is 12.1 Å². The molecular formula is C13H16F2N2. The van der Waals surface area contributed by atoms with Crippen molar-refractivity contribution in [3.8, 4) is 0 Å². The van der Waals surface area contributed by atoms with Gasteiger partial charge in [0.25, 0.3) is 5.92 Å². The van der Waals surface area contributed by atoms with Gasteiger partial charge in [0.2, 0.25) is 0 Å². The smallest absolute Gasteiger partial charge is 0.272 e. The fourth-order valence-corrected chi connectivity index (χ4v) is 2.56. The van der Waals surface area contributed by atoms with Gasteiger partial charge in [-0.05, 0) is 30.5 Å². The summed E-state index contributed by atoms with van der Waals surface area (Å²) in [7, 11) is 0. The number of anilines is 1. The van der Waals surface area contributed by atoms with E-state index < -0.39 is 11.5 Å². The standard InChI is InChI=1S/C13H16F2N2/c14-13(15)9-12(13,16)10-3-5-11(6-4-10)17-7-1-2-8-17/h3-6H,1-2,7-9,16H2. The van der Waals surface area contributed by atoms with Gasteiger partial charge in [-0.25, -0.2) is 8.78 Å². The molecule has 1 aromatic carbocycles. The van der Waals surface area contributed by atoms with Crippen LogP contribution in [0, 0.1) is 0 Å². The second-order valence-corrected chi connectivity index (χ2v) is 5.09. The Labute approximate surface area is 99.4 Å². The Kier molecular flexibility index (Phi) is 2.20. The Bertz CT molecular complexity index is 424. The number of nitrogens with zero attached hydrogens (tertiary/aromatic N) is 1. The van der Waals surface area contributed by atoms with E-state index in [2.05, 4.69) is 4.90 Å². The summed E-state index contributed by atoms with van der Waals surface area (Å²) in [5.74, 6) is -2.73. The van der Waals surface area contributed by atoms with Crippen LogP contribution in [-0.2, 0) is 5.54 Å². The highest BCUT2D eigenvalue weighted by atomic mass is 19.3. The zero-order chi connectivity index (χ0) is 12.1. The molecule has 2 N–H and O–H groups in total. The average Bonchev–Trinajstić information content (AvgIpc) is 2.75. The van der Waals surface area contributed by atoms with Gasteiger partial charge in [-0.1, -0.05) is 12.1 Å². The lowest BCUT2D eigenvalue weighted by atomic mass is 10.0. The van der Waals surface area contributed by atoms with Gasteiger partial charge in [0.1, 0.15) is 5.54 Å². The molecule has 1 aliphatic carbocycles. The second-order valence-electron chi connectivity index (χ2n) is 5.09. The fraction of sp³-hybridized carbons (Fsp3) is 0.538. The molecule has 0 bridgehead atoms. The van der Waals surface area contributed by atoms with Crippen LogP contribution in [0.4, 0.5) is 14.5 Å². The third-order valence-electron chi connectivity index (χ3n) is 3.88. The molecule has 0 amide bonds. The Balaban J connectivity index is 1.81. The summed E-state index contributed by atoms with van der Waals surface area (Å²) < 4.78 is 26.3. The summed E-state index contributed by atoms with van der Waals surface area (Å²) in [6, 6.07) is 7.30. The highest BCUT2D eigenvalue weighted by molar-refractivity contribution is 5.50. The van der Waals surface area contributed by atoms with E-state index in [1.54, 1.807) is 12.1 Å². The molecule has 17 heavy (non-hydrogen) atoms.